The Morgan fingerprint density at radius 3 is 0.769 bits per heavy atom. The molecule has 1 rings (SSSR count). The van der Waals surface area contributed by atoms with Crippen molar-refractivity contribution in [2.45, 2.75) is 6.10 Å². The summed E-state index contributed by atoms with van der Waals surface area (Å²) in [5.41, 5.74) is 0. The molecular weight excluding hydrogens is 520 g/mol. The Balaban J connectivity index is 1.58. The molecule has 1 unspecified atom stereocenters. The van der Waals surface area contributed by atoms with E-state index in [9.17, 15) is 0 Å². The lowest BCUT2D eigenvalue weighted by Gasteiger charge is -2.09. The third-order valence-corrected chi connectivity index (χ3v) is 4.86. The zero-order valence-electron chi connectivity index (χ0n) is 23.9. The molecule has 0 N–H and O–H groups in total. The van der Waals surface area contributed by atoms with Gasteiger partial charge >= 0.3 is 0 Å². The van der Waals surface area contributed by atoms with Gasteiger partial charge in [0.2, 0.25) is 0 Å². The number of ether oxygens (including phenoxy) is 13. The molecule has 0 amide bonds. The van der Waals surface area contributed by atoms with Gasteiger partial charge in [-0.15, -0.1) is 0 Å². The minimum atomic E-state index is 0.299. The third-order valence-electron chi connectivity index (χ3n) is 4.86. The van der Waals surface area contributed by atoms with Crippen LogP contribution in [0.5, 0.6) is 0 Å². The van der Waals surface area contributed by atoms with E-state index in [-0.39, 0.29) is 0 Å². The molecular formula is C26H52O13. The predicted molar refractivity (Wildman–Crippen MR) is 141 cm³/mol. The van der Waals surface area contributed by atoms with Crippen molar-refractivity contribution < 1.29 is 61.6 Å². The molecule has 39 heavy (non-hydrogen) atoms. The fraction of sp³-hybridized carbons (Fsp3) is 1.00. The molecule has 13 heteroatoms. The van der Waals surface area contributed by atoms with Crippen molar-refractivity contribution in [3.63, 3.8) is 0 Å². The van der Waals surface area contributed by atoms with Gasteiger partial charge in [-0.25, -0.2) is 0 Å². The zero-order valence-corrected chi connectivity index (χ0v) is 23.9. The standard InChI is InChI=1S/C26H52O13/c1-27-2-3-28-4-5-29-6-7-30-8-9-31-10-11-32-12-13-33-14-15-34-16-17-35-18-19-36-20-21-37-22-23-38-24-26-25-39-26/h26H,2-25H2,1H3. The highest BCUT2D eigenvalue weighted by molar-refractivity contribution is 4.66. The molecule has 0 radical (unpaired) electrons. The smallest absolute Gasteiger partial charge is 0.104 e. The normalized spacial score (nSPS) is 14.8. The Morgan fingerprint density at radius 2 is 0.564 bits per heavy atom. The lowest BCUT2D eigenvalue weighted by Crippen LogP contribution is -2.15. The number of hydrogen-bond acceptors (Lipinski definition) is 13. The van der Waals surface area contributed by atoms with Crippen LogP contribution < -0.4 is 0 Å². The summed E-state index contributed by atoms with van der Waals surface area (Å²) in [7, 11) is 1.65. The summed E-state index contributed by atoms with van der Waals surface area (Å²) in [6.45, 7) is 13.3. The monoisotopic (exact) mass is 572 g/mol. The zero-order chi connectivity index (χ0) is 27.7. The van der Waals surface area contributed by atoms with Crippen molar-refractivity contribution in [2.24, 2.45) is 0 Å². The van der Waals surface area contributed by atoms with Gasteiger partial charge in [-0.2, -0.15) is 0 Å². The van der Waals surface area contributed by atoms with Gasteiger partial charge in [-0.1, -0.05) is 0 Å². The highest BCUT2D eigenvalue weighted by atomic mass is 16.6. The Hall–Kier alpha value is -0.520. The molecule has 1 fully saturated rings. The topological polar surface area (TPSA) is 123 Å². The van der Waals surface area contributed by atoms with E-state index in [1.807, 2.05) is 0 Å². The van der Waals surface area contributed by atoms with Crippen LogP contribution in [0.1, 0.15) is 0 Å². The summed E-state index contributed by atoms with van der Waals surface area (Å²) in [4.78, 5) is 0. The van der Waals surface area contributed by atoms with E-state index in [0.29, 0.717) is 158 Å². The highest BCUT2D eigenvalue weighted by Crippen LogP contribution is 2.07. The number of methoxy groups -OCH3 is 1. The SMILES string of the molecule is COCCOCCOCCOCCOCCOCCOCCOCCOCCOCCOCCOCC1CO1. The van der Waals surface area contributed by atoms with Crippen LogP contribution in [0.4, 0.5) is 0 Å². The largest absolute Gasteiger partial charge is 0.382 e. The molecule has 1 aliphatic rings. The van der Waals surface area contributed by atoms with Crippen molar-refractivity contribution in [3.8, 4) is 0 Å². The van der Waals surface area contributed by atoms with E-state index >= 15 is 0 Å². The van der Waals surface area contributed by atoms with Gasteiger partial charge in [-0.3, -0.25) is 0 Å². The van der Waals surface area contributed by atoms with Gasteiger partial charge in [-0.05, 0) is 0 Å². The van der Waals surface area contributed by atoms with Crippen LogP contribution >= 0.6 is 0 Å². The summed E-state index contributed by atoms with van der Waals surface area (Å²) in [6, 6.07) is 0. The second kappa shape index (κ2) is 32.0. The van der Waals surface area contributed by atoms with Gasteiger partial charge in [0.05, 0.1) is 159 Å². The van der Waals surface area contributed by atoms with Crippen LogP contribution in [-0.4, -0.2) is 172 Å². The van der Waals surface area contributed by atoms with Crippen LogP contribution in [-0.2, 0) is 61.6 Å². The van der Waals surface area contributed by atoms with E-state index < -0.39 is 0 Å². The van der Waals surface area contributed by atoms with Crippen LogP contribution in [0.25, 0.3) is 0 Å². The summed E-state index contributed by atoms with van der Waals surface area (Å²) in [6.07, 6.45) is 0.299. The second-order valence-electron chi connectivity index (χ2n) is 8.15. The van der Waals surface area contributed by atoms with Gasteiger partial charge in [0.15, 0.2) is 0 Å². The quantitative estimate of drug-likeness (QED) is 0.0760. The second-order valence-corrected chi connectivity index (χ2v) is 8.15. The lowest BCUT2D eigenvalue weighted by molar-refractivity contribution is -0.0281. The average molecular weight is 573 g/mol. The van der Waals surface area contributed by atoms with Crippen molar-refractivity contribution in [1.29, 1.82) is 0 Å². The fourth-order valence-corrected chi connectivity index (χ4v) is 2.72. The molecule has 0 aliphatic carbocycles. The van der Waals surface area contributed by atoms with Gasteiger partial charge < -0.3 is 61.6 Å². The molecule has 0 saturated carbocycles. The molecule has 0 aromatic heterocycles. The molecule has 234 valence electrons. The van der Waals surface area contributed by atoms with Crippen LogP contribution in [0.2, 0.25) is 0 Å². The van der Waals surface area contributed by atoms with Crippen molar-refractivity contribution in [1.82, 2.24) is 0 Å². The fourth-order valence-electron chi connectivity index (χ4n) is 2.72. The summed E-state index contributed by atoms with van der Waals surface area (Å²) < 4.78 is 69.5. The van der Waals surface area contributed by atoms with Gasteiger partial charge in [0.25, 0.3) is 0 Å². The van der Waals surface area contributed by atoms with Crippen molar-refractivity contribution >= 4 is 0 Å². The maximum Gasteiger partial charge on any atom is 0.104 e. The highest BCUT2D eigenvalue weighted by Gasteiger charge is 2.21. The van der Waals surface area contributed by atoms with Crippen molar-refractivity contribution in [3.05, 3.63) is 0 Å². The van der Waals surface area contributed by atoms with Crippen molar-refractivity contribution in [2.75, 3.05) is 166 Å². The first kappa shape index (κ1) is 36.5. The predicted octanol–water partition coefficient (Wildman–Crippen LogP) is 0.214. The molecule has 1 saturated heterocycles. The molecule has 0 bridgehead atoms. The maximum absolute atomic E-state index is 5.46. The first-order valence-electron chi connectivity index (χ1n) is 13.9. The van der Waals surface area contributed by atoms with Gasteiger partial charge in [0.1, 0.15) is 6.10 Å². The Bertz CT molecular complexity index is 458. The molecule has 0 spiro atoms. The lowest BCUT2D eigenvalue weighted by atomic mass is 10.5. The summed E-state index contributed by atoms with van der Waals surface area (Å²) >= 11 is 0. The van der Waals surface area contributed by atoms with E-state index in [1.165, 1.54) is 0 Å². The molecule has 0 aromatic carbocycles. The van der Waals surface area contributed by atoms with Crippen LogP contribution in [0, 0.1) is 0 Å². The Labute approximate surface area is 233 Å². The van der Waals surface area contributed by atoms with Gasteiger partial charge in [0, 0.05) is 7.11 Å². The first-order valence-corrected chi connectivity index (χ1v) is 13.9. The first-order chi connectivity index (χ1) is 19.4. The molecule has 13 nitrogen and oxygen atoms in total. The Morgan fingerprint density at radius 1 is 0.359 bits per heavy atom. The average Bonchev–Trinajstić information content (AvgIpc) is 3.78. The molecule has 1 atom stereocenters. The van der Waals surface area contributed by atoms with E-state index in [4.69, 9.17) is 61.6 Å². The third kappa shape index (κ3) is 31.9. The number of rotatable bonds is 35. The minimum absolute atomic E-state index is 0.299. The van der Waals surface area contributed by atoms with E-state index in [1.54, 1.807) is 7.11 Å². The van der Waals surface area contributed by atoms with Crippen LogP contribution in [0.3, 0.4) is 0 Å². The summed E-state index contributed by atoms with van der Waals surface area (Å²) in [5, 5.41) is 0. The molecule has 1 aliphatic heterocycles. The maximum atomic E-state index is 5.46. The number of hydrogen-bond donors (Lipinski definition) is 0. The van der Waals surface area contributed by atoms with E-state index in [0.717, 1.165) is 6.61 Å². The summed E-state index contributed by atoms with van der Waals surface area (Å²) in [5.74, 6) is 0. The Kier molecular flexibility index (Phi) is 30.0. The molecule has 1 heterocycles. The molecule has 0 aromatic rings. The van der Waals surface area contributed by atoms with E-state index in [2.05, 4.69) is 0 Å². The number of epoxide rings is 1. The minimum Gasteiger partial charge on any atom is -0.382 e. The van der Waals surface area contributed by atoms with Crippen LogP contribution in [0.15, 0.2) is 0 Å².